The van der Waals surface area contributed by atoms with E-state index in [4.69, 9.17) is 10.5 Å². The van der Waals surface area contributed by atoms with E-state index in [0.29, 0.717) is 19.8 Å². The van der Waals surface area contributed by atoms with Crippen molar-refractivity contribution in [3.8, 4) is 0 Å². The monoisotopic (exact) mass is 270 g/mol. The molecule has 1 aromatic rings. The van der Waals surface area contributed by atoms with Gasteiger partial charge in [-0.25, -0.2) is 13.1 Å². The van der Waals surface area contributed by atoms with Gasteiger partial charge in [-0.05, 0) is 30.5 Å². The molecule has 1 aromatic carbocycles. The van der Waals surface area contributed by atoms with Crippen molar-refractivity contribution in [2.75, 3.05) is 13.2 Å². The van der Waals surface area contributed by atoms with Crippen LogP contribution in [0.2, 0.25) is 0 Å². The second kappa shape index (κ2) is 5.79. The Morgan fingerprint density at radius 2 is 2.06 bits per heavy atom. The molecule has 0 radical (unpaired) electrons. The minimum absolute atomic E-state index is 0.0368. The van der Waals surface area contributed by atoms with E-state index in [2.05, 4.69) is 4.72 Å². The zero-order valence-corrected chi connectivity index (χ0v) is 10.9. The predicted molar refractivity (Wildman–Crippen MR) is 68.5 cm³/mol. The van der Waals surface area contributed by atoms with Crippen LogP contribution in [0.15, 0.2) is 29.2 Å². The first-order chi connectivity index (χ1) is 8.62. The van der Waals surface area contributed by atoms with Gasteiger partial charge in [-0.15, -0.1) is 0 Å². The third kappa shape index (κ3) is 3.29. The molecule has 0 bridgehead atoms. The van der Waals surface area contributed by atoms with Gasteiger partial charge in [-0.2, -0.15) is 0 Å². The van der Waals surface area contributed by atoms with Crippen molar-refractivity contribution in [3.63, 3.8) is 0 Å². The molecular formula is C12H18N2O3S. The van der Waals surface area contributed by atoms with Gasteiger partial charge in [-0.3, -0.25) is 0 Å². The maximum atomic E-state index is 12.2. The molecule has 1 saturated heterocycles. The molecule has 1 aliphatic rings. The summed E-state index contributed by atoms with van der Waals surface area (Å²) in [6.45, 7) is 1.55. The molecule has 2 rings (SSSR count). The van der Waals surface area contributed by atoms with Gasteiger partial charge in [0.15, 0.2) is 0 Å². The summed E-state index contributed by atoms with van der Waals surface area (Å²) < 4.78 is 32.3. The lowest BCUT2D eigenvalue weighted by molar-refractivity contribution is 0.0832. The number of nitrogens with two attached hydrogens (primary N) is 1. The van der Waals surface area contributed by atoms with E-state index < -0.39 is 10.0 Å². The summed E-state index contributed by atoms with van der Waals surface area (Å²) in [6.07, 6.45) is 1.44. The zero-order chi connectivity index (χ0) is 13.0. The number of sulfonamides is 1. The van der Waals surface area contributed by atoms with E-state index in [-0.39, 0.29) is 10.9 Å². The topological polar surface area (TPSA) is 81.4 Å². The zero-order valence-electron chi connectivity index (χ0n) is 10.1. The number of nitrogens with one attached hydrogen (secondary N) is 1. The lowest BCUT2D eigenvalue weighted by Gasteiger charge is -2.23. The van der Waals surface area contributed by atoms with Gasteiger partial charge in [0.1, 0.15) is 0 Å². The molecule has 100 valence electrons. The second-order valence-corrected chi connectivity index (χ2v) is 6.07. The van der Waals surface area contributed by atoms with E-state index in [1.54, 1.807) is 18.2 Å². The van der Waals surface area contributed by atoms with E-state index in [0.717, 1.165) is 18.4 Å². The van der Waals surface area contributed by atoms with Gasteiger partial charge in [0.25, 0.3) is 0 Å². The number of ether oxygens (including phenoxy) is 1. The highest BCUT2D eigenvalue weighted by Crippen LogP contribution is 2.14. The largest absolute Gasteiger partial charge is 0.381 e. The molecule has 1 fully saturated rings. The summed E-state index contributed by atoms with van der Waals surface area (Å²) in [5.74, 6) is 0. The number of rotatable bonds is 4. The molecule has 0 amide bonds. The third-order valence-electron chi connectivity index (χ3n) is 2.99. The Labute approximate surface area is 107 Å². The molecule has 5 nitrogen and oxygen atoms in total. The van der Waals surface area contributed by atoms with E-state index >= 15 is 0 Å². The molecule has 0 spiro atoms. The molecular weight excluding hydrogens is 252 g/mol. The second-order valence-electron chi connectivity index (χ2n) is 4.36. The molecule has 0 atom stereocenters. The first-order valence-electron chi connectivity index (χ1n) is 6.01. The molecule has 0 aliphatic carbocycles. The Kier molecular flexibility index (Phi) is 4.34. The SMILES string of the molecule is NCc1cccc(S(=O)(=O)NC2CCOCC2)c1. The van der Waals surface area contributed by atoms with Crippen molar-refractivity contribution in [2.45, 2.75) is 30.3 Å². The molecule has 6 heteroatoms. The fraction of sp³-hybridized carbons (Fsp3) is 0.500. The Morgan fingerprint density at radius 1 is 1.33 bits per heavy atom. The number of hydrogen-bond donors (Lipinski definition) is 2. The van der Waals surface area contributed by atoms with Crippen LogP contribution in [0.5, 0.6) is 0 Å². The van der Waals surface area contributed by atoms with Crippen LogP contribution in [0.4, 0.5) is 0 Å². The molecule has 0 unspecified atom stereocenters. The van der Waals surface area contributed by atoms with Gasteiger partial charge in [0, 0.05) is 25.8 Å². The number of benzene rings is 1. The van der Waals surface area contributed by atoms with Crippen LogP contribution in [-0.2, 0) is 21.3 Å². The van der Waals surface area contributed by atoms with Gasteiger partial charge < -0.3 is 10.5 Å². The highest BCUT2D eigenvalue weighted by atomic mass is 32.2. The Hall–Kier alpha value is -0.950. The Balaban J connectivity index is 2.13. The Bertz CT molecular complexity index is 496. The lowest BCUT2D eigenvalue weighted by Crippen LogP contribution is -2.38. The average molecular weight is 270 g/mol. The molecule has 3 N–H and O–H groups in total. The van der Waals surface area contributed by atoms with Gasteiger partial charge in [0.2, 0.25) is 10.0 Å². The standard InChI is InChI=1S/C12H18N2O3S/c13-9-10-2-1-3-12(8-10)18(15,16)14-11-4-6-17-7-5-11/h1-3,8,11,14H,4-7,9,13H2. The van der Waals surface area contributed by atoms with Crippen LogP contribution >= 0.6 is 0 Å². The molecule has 18 heavy (non-hydrogen) atoms. The van der Waals surface area contributed by atoms with Crippen molar-refractivity contribution in [1.82, 2.24) is 4.72 Å². The lowest BCUT2D eigenvalue weighted by atomic mass is 10.1. The summed E-state index contributed by atoms with van der Waals surface area (Å²) in [7, 11) is -3.45. The maximum Gasteiger partial charge on any atom is 0.240 e. The van der Waals surface area contributed by atoms with Gasteiger partial charge in [0.05, 0.1) is 4.90 Å². The summed E-state index contributed by atoms with van der Waals surface area (Å²) in [6, 6.07) is 6.68. The minimum Gasteiger partial charge on any atom is -0.381 e. The van der Waals surface area contributed by atoms with Gasteiger partial charge in [-0.1, -0.05) is 12.1 Å². The first-order valence-corrected chi connectivity index (χ1v) is 7.49. The quantitative estimate of drug-likeness (QED) is 0.839. The van der Waals surface area contributed by atoms with Crippen LogP contribution in [0.1, 0.15) is 18.4 Å². The molecule has 1 aliphatic heterocycles. The summed E-state index contributed by atoms with van der Waals surface area (Å²) in [4.78, 5) is 0.275. The van der Waals surface area contributed by atoms with Crippen molar-refractivity contribution >= 4 is 10.0 Å². The van der Waals surface area contributed by atoms with Crippen molar-refractivity contribution in [1.29, 1.82) is 0 Å². The van der Waals surface area contributed by atoms with Crippen LogP contribution in [0.3, 0.4) is 0 Å². The van der Waals surface area contributed by atoms with Crippen molar-refractivity contribution < 1.29 is 13.2 Å². The number of hydrogen-bond acceptors (Lipinski definition) is 4. The first kappa shape index (κ1) is 13.5. The van der Waals surface area contributed by atoms with E-state index in [1.807, 2.05) is 6.07 Å². The van der Waals surface area contributed by atoms with E-state index in [9.17, 15) is 8.42 Å². The Morgan fingerprint density at radius 3 is 2.72 bits per heavy atom. The highest BCUT2D eigenvalue weighted by Gasteiger charge is 2.22. The smallest absolute Gasteiger partial charge is 0.240 e. The molecule has 0 saturated carbocycles. The normalized spacial score (nSPS) is 17.8. The van der Waals surface area contributed by atoms with Crippen LogP contribution in [0, 0.1) is 0 Å². The molecule has 1 heterocycles. The molecule has 0 aromatic heterocycles. The highest BCUT2D eigenvalue weighted by molar-refractivity contribution is 7.89. The predicted octanol–water partition coefficient (Wildman–Crippen LogP) is 0.603. The average Bonchev–Trinajstić information content (AvgIpc) is 2.39. The van der Waals surface area contributed by atoms with Crippen LogP contribution < -0.4 is 10.5 Å². The van der Waals surface area contributed by atoms with E-state index in [1.165, 1.54) is 0 Å². The van der Waals surface area contributed by atoms with Gasteiger partial charge >= 0.3 is 0 Å². The van der Waals surface area contributed by atoms with Crippen molar-refractivity contribution in [3.05, 3.63) is 29.8 Å². The fourth-order valence-corrected chi connectivity index (χ4v) is 3.32. The van der Waals surface area contributed by atoms with Crippen LogP contribution in [0.25, 0.3) is 0 Å². The summed E-state index contributed by atoms with van der Waals surface area (Å²) in [5, 5.41) is 0. The third-order valence-corrected chi connectivity index (χ3v) is 4.51. The summed E-state index contributed by atoms with van der Waals surface area (Å²) >= 11 is 0. The fourth-order valence-electron chi connectivity index (χ4n) is 1.94. The van der Waals surface area contributed by atoms with Crippen molar-refractivity contribution in [2.24, 2.45) is 5.73 Å². The summed E-state index contributed by atoms with van der Waals surface area (Å²) in [5.41, 5.74) is 6.32. The maximum absolute atomic E-state index is 12.2. The minimum atomic E-state index is -3.45. The van der Waals surface area contributed by atoms with Crippen LogP contribution in [-0.4, -0.2) is 27.7 Å².